The molecule has 1 atom stereocenters. The average Bonchev–Trinajstić information content (AvgIpc) is 3.21. The minimum atomic E-state index is -0.317. The number of aryl methyl sites for hydroxylation is 1. The van der Waals surface area contributed by atoms with Crippen LogP contribution in [0.25, 0.3) is 0 Å². The van der Waals surface area contributed by atoms with Crippen LogP contribution in [-0.2, 0) is 17.2 Å². The van der Waals surface area contributed by atoms with Crippen molar-refractivity contribution in [1.29, 1.82) is 0 Å². The van der Waals surface area contributed by atoms with E-state index in [9.17, 15) is 9.18 Å². The smallest absolute Gasteiger partial charge is 0.269 e. The fourth-order valence-corrected chi connectivity index (χ4v) is 3.20. The number of hydrogen-bond acceptors (Lipinski definition) is 3. The fraction of sp³-hybridized carbons (Fsp3) is 0.474. The summed E-state index contributed by atoms with van der Waals surface area (Å²) < 4.78 is 20.4. The van der Waals surface area contributed by atoms with Gasteiger partial charge in [-0.25, -0.2) is 4.39 Å². The molecule has 1 aliphatic heterocycles. The minimum Gasteiger partial charge on any atom is -0.380 e. The van der Waals surface area contributed by atoms with Gasteiger partial charge in [0.1, 0.15) is 11.5 Å². The number of amides is 1. The average molecular weight is 345 g/mol. The zero-order valence-electron chi connectivity index (χ0n) is 14.9. The highest BCUT2D eigenvalue weighted by Crippen LogP contribution is 2.33. The SMILES string of the molecule is CC(C)c1cc(C(=O)NC[C@]2(c3ccc(F)cc3)CCOC2)n(C)n1. The third kappa shape index (κ3) is 3.58. The predicted molar refractivity (Wildman–Crippen MR) is 93.1 cm³/mol. The van der Waals surface area contributed by atoms with E-state index in [0.717, 1.165) is 17.7 Å². The summed E-state index contributed by atoms with van der Waals surface area (Å²) in [6.07, 6.45) is 0.793. The van der Waals surface area contributed by atoms with Crippen molar-refractivity contribution < 1.29 is 13.9 Å². The van der Waals surface area contributed by atoms with E-state index in [1.165, 1.54) is 12.1 Å². The molecule has 6 heteroatoms. The first-order valence-electron chi connectivity index (χ1n) is 8.57. The summed E-state index contributed by atoms with van der Waals surface area (Å²) in [5.74, 6) is -0.158. The van der Waals surface area contributed by atoms with Crippen molar-refractivity contribution in [1.82, 2.24) is 15.1 Å². The van der Waals surface area contributed by atoms with Gasteiger partial charge in [0.25, 0.3) is 5.91 Å². The van der Waals surface area contributed by atoms with Crippen LogP contribution in [0.5, 0.6) is 0 Å². The standard InChI is InChI=1S/C19H24FN3O2/c1-13(2)16-10-17(23(3)22-16)18(24)21-11-19(8-9-25-12-19)14-4-6-15(20)7-5-14/h4-7,10,13H,8-9,11-12H2,1-3H3,(H,21,24)/t19-/m1/s1. The first kappa shape index (κ1) is 17.6. The molecule has 1 aliphatic rings. The molecule has 5 nitrogen and oxygen atoms in total. The largest absolute Gasteiger partial charge is 0.380 e. The van der Waals surface area contributed by atoms with Gasteiger partial charge in [-0.1, -0.05) is 26.0 Å². The molecular formula is C19H24FN3O2. The predicted octanol–water partition coefficient (Wildman–Crippen LogP) is 2.77. The number of aromatic nitrogens is 2. The summed E-state index contributed by atoms with van der Waals surface area (Å²) in [6.45, 7) is 5.69. The lowest BCUT2D eigenvalue weighted by molar-refractivity contribution is 0.0929. The summed E-state index contributed by atoms with van der Waals surface area (Å²) in [5.41, 5.74) is 2.10. The summed E-state index contributed by atoms with van der Waals surface area (Å²) >= 11 is 0. The first-order chi connectivity index (χ1) is 11.9. The van der Waals surface area contributed by atoms with Crippen LogP contribution in [0.4, 0.5) is 4.39 Å². The number of nitrogens with zero attached hydrogens (tertiary/aromatic N) is 2. The molecule has 134 valence electrons. The lowest BCUT2D eigenvalue weighted by atomic mass is 9.79. The van der Waals surface area contributed by atoms with Crippen molar-refractivity contribution >= 4 is 5.91 Å². The lowest BCUT2D eigenvalue weighted by Gasteiger charge is -2.28. The molecule has 1 aromatic carbocycles. The number of benzene rings is 1. The normalized spacial score (nSPS) is 20.2. The van der Waals surface area contributed by atoms with Gasteiger partial charge >= 0.3 is 0 Å². The maximum Gasteiger partial charge on any atom is 0.269 e. The molecular weight excluding hydrogens is 321 g/mol. The maximum absolute atomic E-state index is 13.2. The number of carbonyl (C=O) groups is 1. The van der Waals surface area contributed by atoms with Gasteiger partial charge in [-0.05, 0) is 36.1 Å². The second-order valence-corrected chi connectivity index (χ2v) is 7.01. The van der Waals surface area contributed by atoms with E-state index in [0.29, 0.717) is 25.5 Å². The molecule has 2 aromatic rings. The highest BCUT2D eigenvalue weighted by molar-refractivity contribution is 5.92. The van der Waals surface area contributed by atoms with E-state index in [2.05, 4.69) is 10.4 Å². The molecule has 1 saturated heterocycles. The van der Waals surface area contributed by atoms with Crippen molar-refractivity contribution in [2.45, 2.75) is 31.6 Å². The second kappa shape index (κ2) is 6.96. The first-order valence-corrected chi connectivity index (χ1v) is 8.57. The Hall–Kier alpha value is -2.21. The van der Waals surface area contributed by atoms with Crippen molar-refractivity contribution in [3.63, 3.8) is 0 Å². The van der Waals surface area contributed by atoms with Crippen molar-refractivity contribution in [3.05, 3.63) is 53.1 Å². The zero-order chi connectivity index (χ0) is 18.0. The summed E-state index contributed by atoms with van der Waals surface area (Å²) in [7, 11) is 1.77. The second-order valence-electron chi connectivity index (χ2n) is 7.01. The Bertz CT molecular complexity index is 747. The van der Waals surface area contributed by atoms with Gasteiger partial charge in [0.2, 0.25) is 0 Å². The Morgan fingerprint density at radius 1 is 1.40 bits per heavy atom. The molecule has 3 rings (SSSR count). The van der Waals surface area contributed by atoms with Gasteiger partial charge in [0.05, 0.1) is 12.3 Å². The number of halogens is 1. The van der Waals surface area contributed by atoms with Crippen LogP contribution >= 0.6 is 0 Å². The van der Waals surface area contributed by atoms with E-state index in [-0.39, 0.29) is 23.1 Å². The van der Waals surface area contributed by atoms with Crippen LogP contribution in [-0.4, -0.2) is 35.4 Å². The van der Waals surface area contributed by atoms with Gasteiger partial charge in [0, 0.05) is 25.6 Å². The molecule has 1 N–H and O–H groups in total. The van der Waals surface area contributed by atoms with E-state index >= 15 is 0 Å². The van der Waals surface area contributed by atoms with Crippen molar-refractivity contribution in [2.24, 2.45) is 7.05 Å². The third-order valence-corrected chi connectivity index (χ3v) is 4.87. The van der Waals surface area contributed by atoms with Crippen molar-refractivity contribution in [3.8, 4) is 0 Å². The van der Waals surface area contributed by atoms with E-state index < -0.39 is 0 Å². The van der Waals surface area contributed by atoms with Gasteiger partial charge in [-0.3, -0.25) is 9.48 Å². The van der Waals surface area contributed by atoms with Crippen LogP contribution in [0.15, 0.2) is 30.3 Å². The van der Waals surface area contributed by atoms with E-state index in [1.807, 2.05) is 19.9 Å². The van der Waals surface area contributed by atoms with Gasteiger partial charge in [-0.2, -0.15) is 5.10 Å². The monoisotopic (exact) mass is 345 g/mol. The van der Waals surface area contributed by atoms with E-state index in [4.69, 9.17) is 4.74 Å². The third-order valence-electron chi connectivity index (χ3n) is 4.87. The Morgan fingerprint density at radius 3 is 2.68 bits per heavy atom. The minimum absolute atomic E-state index is 0.157. The van der Waals surface area contributed by atoms with Gasteiger partial charge in [-0.15, -0.1) is 0 Å². The molecule has 0 bridgehead atoms. The zero-order valence-corrected chi connectivity index (χ0v) is 14.9. The Balaban J connectivity index is 1.76. The summed E-state index contributed by atoms with van der Waals surface area (Å²) in [5, 5.41) is 7.40. The summed E-state index contributed by atoms with van der Waals surface area (Å²) in [4.78, 5) is 12.6. The molecule has 1 fully saturated rings. The molecule has 2 heterocycles. The Labute approximate surface area is 147 Å². The highest BCUT2D eigenvalue weighted by atomic mass is 19.1. The number of hydrogen-bond donors (Lipinski definition) is 1. The lowest BCUT2D eigenvalue weighted by Crippen LogP contribution is -2.41. The number of carbonyl (C=O) groups excluding carboxylic acids is 1. The topological polar surface area (TPSA) is 56.1 Å². The number of nitrogens with one attached hydrogen (secondary N) is 1. The highest BCUT2D eigenvalue weighted by Gasteiger charge is 2.37. The Morgan fingerprint density at radius 2 is 2.12 bits per heavy atom. The molecule has 0 spiro atoms. The van der Waals surface area contributed by atoms with Crippen LogP contribution in [0.3, 0.4) is 0 Å². The van der Waals surface area contributed by atoms with Crippen LogP contribution < -0.4 is 5.32 Å². The van der Waals surface area contributed by atoms with Crippen LogP contribution in [0.2, 0.25) is 0 Å². The van der Waals surface area contributed by atoms with Crippen LogP contribution in [0.1, 0.15) is 47.9 Å². The summed E-state index contributed by atoms with van der Waals surface area (Å²) in [6, 6.07) is 8.28. The molecule has 1 amide bonds. The Kier molecular flexibility index (Phi) is 4.90. The quantitative estimate of drug-likeness (QED) is 0.907. The maximum atomic E-state index is 13.2. The molecule has 0 saturated carbocycles. The molecule has 25 heavy (non-hydrogen) atoms. The van der Waals surface area contributed by atoms with Crippen LogP contribution in [0, 0.1) is 5.82 Å². The molecule has 0 radical (unpaired) electrons. The number of ether oxygens (including phenoxy) is 1. The molecule has 1 aromatic heterocycles. The molecule has 0 unspecified atom stereocenters. The van der Waals surface area contributed by atoms with Gasteiger partial charge in [0.15, 0.2) is 0 Å². The van der Waals surface area contributed by atoms with Gasteiger partial charge < -0.3 is 10.1 Å². The van der Waals surface area contributed by atoms with Crippen molar-refractivity contribution in [2.75, 3.05) is 19.8 Å². The van der Waals surface area contributed by atoms with E-state index in [1.54, 1.807) is 23.9 Å². The fourth-order valence-electron chi connectivity index (χ4n) is 3.20. The molecule has 0 aliphatic carbocycles. The number of rotatable bonds is 5.